The first-order valence-corrected chi connectivity index (χ1v) is 13.1. The first-order valence-electron chi connectivity index (χ1n) is 11.3. The van der Waals surface area contributed by atoms with Crippen LogP contribution in [0.3, 0.4) is 0 Å². The Morgan fingerprint density at radius 2 is 1.65 bits per heavy atom. The summed E-state index contributed by atoms with van der Waals surface area (Å²) >= 11 is 4.75. The lowest BCUT2D eigenvalue weighted by Gasteiger charge is -2.12. The molecule has 4 rings (SSSR count). The van der Waals surface area contributed by atoms with E-state index in [-0.39, 0.29) is 17.2 Å². The molecule has 0 aliphatic carbocycles. The third-order valence-corrected chi connectivity index (χ3v) is 6.67. The van der Waals surface area contributed by atoms with Crippen molar-refractivity contribution in [3.05, 3.63) is 130 Å². The fourth-order valence-electron chi connectivity index (χ4n) is 3.30. The number of aromatic nitrogens is 1. The first-order chi connectivity index (χ1) is 18.0. The lowest BCUT2D eigenvalue weighted by atomic mass is 10.2. The summed E-state index contributed by atoms with van der Waals surface area (Å²) in [5.74, 6) is -0.613. The van der Waals surface area contributed by atoms with Crippen LogP contribution in [0.1, 0.15) is 26.3 Å². The number of hydrogen-bond donors (Lipinski definition) is 2. The Morgan fingerprint density at radius 3 is 2.38 bits per heavy atom. The minimum Gasteiger partial charge on any atom is -0.321 e. The van der Waals surface area contributed by atoms with Crippen LogP contribution in [-0.4, -0.2) is 28.3 Å². The fourth-order valence-corrected chi connectivity index (χ4v) is 4.41. The largest absolute Gasteiger partial charge is 0.321 e. The van der Waals surface area contributed by atoms with E-state index in [9.17, 15) is 14.4 Å². The molecule has 1 heterocycles. The molecule has 0 aliphatic heterocycles. The summed E-state index contributed by atoms with van der Waals surface area (Å²) in [6.07, 6.45) is 4.80. The van der Waals surface area contributed by atoms with Crippen LogP contribution in [0.5, 0.6) is 0 Å². The number of pyridine rings is 1. The highest BCUT2D eigenvalue weighted by atomic mass is 79.9. The maximum absolute atomic E-state index is 13.2. The van der Waals surface area contributed by atoms with Crippen LogP contribution in [0.2, 0.25) is 0 Å². The van der Waals surface area contributed by atoms with Crippen LogP contribution < -0.4 is 10.6 Å². The second-order valence-corrected chi connectivity index (χ2v) is 9.83. The van der Waals surface area contributed by atoms with Crippen molar-refractivity contribution in [1.29, 1.82) is 0 Å². The standard InChI is InChI=1S/C29H22BrN3O3S/c30-23-13-11-21(12-14-23)27(34)19-37-25-10-4-9-24(17-25)32-29(36)26(16-20-6-5-15-31-18-20)33-28(35)22-7-2-1-3-8-22/h1-18H,19H2,(H,32,36)(H,33,35)/b26-16-. The number of anilines is 1. The molecule has 0 unspecified atom stereocenters. The SMILES string of the molecule is O=C(Nc1cccc(SCC(=O)c2ccc(Br)cc2)c1)/C(=C/c1cccnc1)NC(=O)c1ccccc1. The Labute approximate surface area is 227 Å². The molecule has 8 heteroatoms. The maximum Gasteiger partial charge on any atom is 0.272 e. The van der Waals surface area contributed by atoms with E-state index in [4.69, 9.17) is 0 Å². The number of benzene rings is 3. The zero-order valence-electron chi connectivity index (χ0n) is 19.6. The topological polar surface area (TPSA) is 88.2 Å². The van der Waals surface area contributed by atoms with Crippen LogP contribution in [0.15, 0.2) is 118 Å². The second kappa shape index (κ2) is 12.8. The van der Waals surface area contributed by atoms with Crippen LogP contribution in [0.4, 0.5) is 5.69 Å². The van der Waals surface area contributed by atoms with Crippen molar-refractivity contribution in [2.45, 2.75) is 4.90 Å². The lowest BCUT2D eigenvalue weighted by molar-refractivity contribution is -0.113. The molecule has 0 spiro atoms. The van der Waals surface area contributed by atoms with Gasteiger partial charge in [-0.15, -0.1) is 11.8 Å². The molecule has 37 heavy (non-hydrogen) atoms. The molecule has 0 bridgehead atoms. The molecule has 0 saturated carbocycles. The number of thioether (sulfide) groups is 1. The number of nitrogens with zero attached hydrogens (tertiary/aromatic N) is 1. The number of halogens is 1. The summed E-state index contributed by atoms with van der Waals surface area (Å²) < 4.78 is 0.914. The molecule has 0 fully saturated rings. The summed E-state index contributed by atoms with van der Waals surface area (Å²) in [5.41, 5.74) is 2.35. The predicted octanol–water partition coefficient (Wildman–Crippen LogP) is 6.23. The van der Waals surface area contributed by atoms with Crippen molar-refractivity contribution in [2.24, 2.45) is 0 Å². The number of carbonyl (C=O) groups excluding carboxylic acids is 3. The molecule has 0 saturated heterocycles. The van der Waals surface area contributed by atoms with Gasteiger partial charge in [0.25, 0.3) is 11.8 Å². The van der Waals surface area contributed by atoms with E-state index in [0.29, 0.717) is 22.4 Å². The number of ketones is 1. The maximum atomic E-state index is 13.2. The van der Waals surface area contributed by atoms with E-state index in [1.165, 1.54) is 11.8 Å². The van der Waals surface area contributed by atoms with Crippen LogP contribution in [0.25, 0.3) is 6.08 Å². The Kier molecular flexibility index (Phi) is 9.02. The molecule has 0 atom stereocenters. The summed E-state index contributed by atoms with van der Waals surface area (Å²) in [6, 6.07) is 26.6. The highest BCUT2D eigenvalue weighted by molar-refractivity contribution is 9.10. The molecule has 0 radical (unpaired) electrons. The first kappa shape index (κ1) is 26.1. The molecule has 184 valence electrons. The van der Waals surface area contributed by atoms with Gasteiger partial charge in [-0.25, -0.2) is 0 Å². The second-order valence-electron chi connectivity index (χ2n) is 7.87. The van der Waals surface area contributed by atoms with Gasteiger partial charge in [0.05, 0.1) is 5.75 Å². The van der Waals surface area contributed by atoms with Crippen LogP contribution in [-0.2, 0) is 4.79 Å². The van der Waals surface area contributed by atoms with E-state index in [0.717, 1.165) is 9.37 Å². The zero-order valence-corrected chi connectivity index (χ0v) is 22.0. The quantitative estimate of drug-likeness (QED) is 0.141. The van der Waals surface area contributed by atoms with Gasteiger partial charge in [0.2, 0.25) is 0 Å². The molecular formula is C29H22BrN3O3S. The number of hydrogen-bond acceptors (Lipinski definition) is 5. The average molecular weight is 572 g/mol. The highest BCUT2D eigenvalue weighted by Gasteiger charge is 2.15. The highest BCUT2D eigenvalue weighted by Crippen LogP contribution is 2.23. The van der Waals surface area contributed by atoms with Gasteiger partial charge in [-0.3, -0.25) is 19.4 Å². The summed E-state index contributed by atoms with van der Waals surface area (Å²) in [7, 11) is 0. The number of nitrogens with one attached hydrogen (secondary N) is 2. The van der Waals surface area contributed by atoms with Crippen LogP contribution >= 0.6 is 27.7 Å². The monoisotopic (exact) mass is 571 g/mol. The predicted molar refractivity (Wildman–Crippen MR) is 150 cm³/mol. The summed E-state index contributed by atoms with van der Waals surface area (Å²) in [5, 5.41) is 5.55. The van der Waals surface area contributed by atoms with E-state index in [1.807, 2.05) is 24.3 Å². The number of Topliss-reactive ketones (excluding diaryl/α,β-unsaturated/α-hetero) is 1. The molecule has 1 aromatic heterocycles. The molecular weight excluding hydrogens is 550 g/mol. The van der Waals surface area contributed by atoms with Crippen LogP contribution in [0, 0.1) is 0 Å². The van der Waals surface area contributed by atoms with Crippen molar-refractivity contribution in [2.75, 3.05) is 11.1 Å². The number of amides is 2. The Balaban J connectivity index is 1.46. The van der Waals surface area contributed by atoms with E-state index in [1.54, 1.807) is 85.2 Å². The van der Waals surface area contributed by atoms with E-state index in [2.05, 4.69) is 31.5 Å². The van der Waals surface area contributed by atoms with Gasteiger partial charge in [-0.1, -0.05) is 58.4 Å². The minimum absolute atomic E-state index is 0.0113. The van der Waals surface area contributed by atoms with Gasteiger partial charge >= 0.3 is 0 Å². The normalized spacial score (nSPS) is 11.0. The Bertz CT molecular complexity index is 1430. The van der Waals surface area contributed by atoms with E-state index < -0.39 is 11.8 Å². The Morgan fingerprint density at radius 1 is 0.865 bits per heavy atom. The minimum atomic E-state index is -0.485. The van der Waals surface area contributed by atoms with Crippen molar-refractivity contribution >= 4 is 57.1 Å². The average Bonchev–Trinajstić information content (AvgIpc) is 2.93. The van der Waals surface area contributed by atoms with Gasteiger partial charge in [-0.2, -0.15) is 0 Å². The molecule has 3 aromatic carbocycles. The fraction of sp³-hybridized carbons (Fsp3) is 0.0345. The third-order valence-electron chi connectivity index (χ3n) is 5.15. The van der Waals surface area contributed by atoms with Gasteiger partial charge in [0.1, 0.15) is 5.70 Å². The Hall–Kier alpha value is -4.01. The molecule has 2 N–H and O–H groups in total. The van der Waals surface area contributed by atoms with Crippen molar-refractivity contribution in [3.63, 3.8) is 0 Å². The van der Waals surface area contributed by atoms with Gasteiger partial charge in [-0.05, 0) is 60.2 Å². The number of rotatable bonds is 9. The summed E-state index contributed by atoms with van der Waals surface area (Å²) in [6.45, 7) is 0. The summed E-state index contributed by atoms with van der Waals surface area (Å²) in [4.78, 5) is 43.4. The van der Waals surface area contributed by atoms with Gasteiger partial charge in [0.15, 0.2) is 5.78 Å². The lowest BCUT2D eigenvalue weighted by Crippen LogP contribution is -2.30. The smallest absolute Gasteiger partial charge is 0.272 e. The zero-order chi connectivity index (χ0) is 26.0. The third kappa shape index (κ3) is 7.73. The molecule has 4 aromatic rings. The van der Waals surface area contributed by atoms with E-state index >= 15 is 0 Å². The molecule has 0 aliphatic rings. The van der Waals surface area contributed by atoms with Crippen molar-refractivity contribution in [3.8, 4) is 0 Å². The van der Waals surface area contributed by atoms with Crippen molar-refractivity contribution in [1.82, 2.24) is 10.3 Å². The molecule has 6 nitrogen and oxygen atoms in total. The number of carbonyl (C=O) groups is 3. The molecule has 2 amide bonds. The van der Waals surface area contributed by atoms with Gasteiger partial charge in [0, 0.05) is 38.6 Å². The van der Waals surface area contributed by atoms with Gasteiger partial charge < -0.3 is 10.6 Å². The van der Waals surface area contributed by atoms with Crippen molar-refractivity contribution < 1.29 is 14.4 Å².